The summed E-state index contributed by atoms with van der Waals surface area (Å²) in [5, 5.41) is 4.09. The van der Waals surface area contributed by atoms with Gasteiger partial charge in [0.1, 0.15) is 0 Å². The van der Waals surface area contributed by atoms with E-state index >= 15 is 0 Å². The van der Waals surface area contributed by atoms with Gasteiger partial charge in [-0.15, -0.1) is 0 Å². The van der Waals surface area contributed by atoms with Crippen LogP contribution in [0.5, 0.6) is 0 Å². The smallest absolute Gasteiger partial charge is 0.0661 e. The van der Waals surface area contributed by atoms with Crippen molar-refractivity contribution < 1.29 is 4.74 Å². The number of hydrogen-bond acceptors (Lipinski definition) is 2. The van der Waals surface area contributed by atoms with E-state index in [1.165, 1.54) is 57.8 Å². The van der Waals surface area contributed by atoms with Crippen molar-refractivity contribution in [3.8, 4) is 0 Å². The first kappa shape index (κ1) is 15.8. The van der Waals surface area contributed by atoms with Crippen LogP contribution in [0.4, 0.5) is 0 Å². The maximum Gasteiger partial charge on any atom is 0.0661 e. The van der Waals surface area contributed by atoms with Crippen molar-refractivity contribution in [1.82, 2.24) is 5.32 Å². The topological polar surface area (TPSA) is 21.3 Å². The minimum Gasteiger partial charge on any atom is -0.378 e. The third kappa shape index (κ3) is 3.03. The minimum atomic E-state index is 0.483. The molecule has 122 valence electrons. The van der Waals surface area contributed by atoms with E-state index in [9.17, 15) is 0 Å². The van der Waals surface area contributed by atoms with Gasteiger partial charge in [-0.05, 0) is 57.3 Å². The van der Waals surface area contributed by atoms with Crippen molar-refractivity contribution in [3.05, 3.63) is 0 Å². The van der Waals surface area contributed by atoms with Crippen LogP contribution in [0.3, 0.4) is 0 Å². The lowest BCUT2D eigenvalue weighted by Crippen LogP contribution is -2.66. The van der Waals surface area contributed by atoms with Crippen molar-refractivity contribution in [2.45, 2.75) is 96.7 Å². The Bertz CT molecular complexity index is 336. The van der Waals surface area contributed by atoms with Crippen molar-refractivity contribution in [1.29, 1.82) is 0 Å². The minimum absolute atomic E-state index is 0.483. The van der Waals surface area contributed by atoms with Crippen LogP contribution >= 0.6 is 0 Å². The van der Waals surface area contributed by atoms with Gasteiger partial charge in [0.2, 0.25) is 0 Å². The van der Waals surface area contributed by atoms with Gasteiger partial charge in [-0.1, -0.05) is 33.1 Å². The Morgan fingerprint density at radius 1 is 1.05 bits per heavy atom. The molecule has 3 saturated carbocycles. The van der Waals surface area contributed by atoms with E-state index in [0.717, 1.165) is 30.5 Å². The average molecular weight is 293 g/mol. The van der Waals surface area contributed by atoms with Crippen molar-refractivity contribution in [2.24, 2.45) is 17.3 Å². The molecule has 0 aromatic heterocycles. The van der Waals surface area contributed by atoms with E-state index in [1.54, 1.807) is 0 Å². The van der Waals surface area contributed by atoms with Crippen LogP contribution in [-0.2, 0) is 4.74 Å². The third-order valence-corrected chi connectivity index (χ3v) is 6.78. The predicted molar refractivity (Wildman–Crippen MR) is 88.4 cm³/mol. The van der Waals surface area contributed by atoms with Gasteiger partial charge in [0.05, 0.1) is 6.10 Å². The molecule has 0 amide bonds. The largest absolute Gasteiger partial charge is 0.378 e. The Balaban J connectivity index is 1.62. The Morgan fingerprint density at radius 3 is 2.48 bits per heavy atom. The molecule has 2 heteroatoms. The number of hydrogen-bond donors (Lipinski definition) is 1. The second-order valence-corrected chi connectivity index (χ2v) is 8.19. The molecule has 3 rings (SSSR count). The zero-order valence-electron chi connectivity index (χ0n) is 14.4. The maximum atomic E-state index is 6.09. The zero-order valence-corrected chi connectivity index (χ0v) is 14.4. The molecule has 3 aliphatic rings. The summed E-state index contributed by atoms with van der Waals surface area (Å²) in [6, 6.07) is 1.49. The summed E-state index contributed by atoms with van der Waals surface area (Å²) in [5.41, 5.74) is 0.483. The Labute approximate surface area is 131 Å². The quantitative estimate of drug-likeness (QED) is 0.822. The summed E-state index contributed by atoms with van der Waals surface area (Å²) in [6.07, 6.45) is 13.1. The molecule has 5 unspecified atom stereocenters. The molecule has 0 aromatic rings. The van der Waals surface area contributed by atoms with Gasteiger partial charge in [-0.25, -0.2) is 0 Å². The van der Waals surface area contributed by atoms with E-state index in [1.807, 2.05) is 0 Å². The van der Waals surface area contributed by atoms with Gasteiger partial charge in [0.25, 0.3) is 0 Å². The lowest BCUT2D eigenvalue weighted by atomic mass is 9.55. The Hall–Kier alpha value is -0.0800. The molecule has 1 N–H and O–H groups in total. The Kier molecular flexibility index (Phi) is 4.95. The standard InChI is InChI=1S/C19H35NO/c1-4-21-18-13-17(19(18)10-6-5-7-11-19)20-16-9-8-14(2)12-15(16)3/h14-18,20H,4-13H2,1-3H3. The van der Waals surface area contributed by atoms with Crippen LogP contribution in [0.15, 0.2) is 0 Å². The van der Waals surface area contributed by atoms with Crippen molar-refractivity contribution >= 4 is 0 Å². The van der Waals surface area contributed by atoms with E-state index in [0.29, 0.717) is 11.5 Å². The lowest BCUT2D eigenvalue weighted by molar-refractivity contribution is -0.154. The first-order valence-corrected chi connectivity index (χ1v) is 9.53. The van der Waals surface area contributed by atoms with Gasteiger partial charge in [-0.2, -0.15) is 0 Å². The van der Waals surface area contributed by atoms with Crippen LogP contribution in [0.1, 0.15) is 78.6 Å². The van der Waals surface area contributed by atoms with E-state index < -0.39 is 0 Å². The van der Waals surface area contributed by atoms with Crippen LogP contribution < -0.4 is 5.32 Å². The molecule has 0 saturated heterocycles. The summed E-state index contributed by atoms with van der Waals surface area (Å²) in [5.74, 6) is 1.78. The van der Waals surface area contributed by atoms with Gasteiger partial charge >= 0.3 is 0 Å². The summed E-state index contributed by atoms with van der Waals surface area (Å²) in [4.78, 5) is 0. The molecule has 3 fully saturated rings. The highest BCUT2D eigenvalue weighted by Gasteiger charge is 2.56. The van der Waals surface area contributed by atoms with Crippen LogP contribution in [-0.4, -0.2) is 24.8 Å². The average Bonchev–Trinajstić information content (AvgIpc) is 2.49. The molecule has 0 heterocycles. The molecule has 0 aliphatic heterocycles. The molecule has 0 radical (unpaired) electrons. The molecule has 2 nitrogen and oxygen atoms in total. The van der Waals surface area contributed by atoms with Gasteiger partial charge in [-0.3, -0.25) is 0 Å². The van der Waals surface area contributed by atoms with Crippen LogP contribution in [0, 0.1) is 17.3 Å². The SMILES string of the molecule is CCOC1CC(NC2CCC(C)CC2C)C12CCCCC2. The van der Waals surface area contributed by atoms with Crippen LogP contribution in [0.2, 0.25) is 0 Å². The van der Waals surface area contributed by atoms with Gasteiger partial charge < -0.3 is 10.1 Å². The second kappa shape index (κ2) is 6.58. The molecule has 3 aliphatic carbocycles. The fraction of sp³-hybridized carbons (Fsp3) is 1.00. The van der Waals surface area contributed by atoms with Gasteiger partial charge in [0, 0.05) is 24.1 Å². The highest BCUT2D eigenvalue weighted by molar-refractivity contribution is 5.10. The van der Waals surface area contributed by atoms with Gasteiger partial charge in [0.15, 0.2) is 0 Å². The highest BCUT2D eigenvalue weighted by atomic mass is 16.5. The molecule has 0 bridgehead atoms. The first-order valence-electron chi connectivity index (χ1n) is 9.53. The number of rotatable bonds is 4. The molecular weight excluding hydrogens is 258 g/mol. The predicted octanol–water partition coefficient (Wildman–Crippen LogP) is 4.53. The number of nitrogens with one attached hydrogen (secondary N) is 1. The van der Waals surface area contributed by atoms with E-state index in [4.69, 9.17) is 4.74 Å². The first-order chi connectivity index (χ1) is 10.2. The normalized spacial score (nSPS) is 42.7. The molecule has 21 heavy (non-hydrogen) atoms. The van der Waals surface area contributed by atoms with E-state index in [-0.39, 0.29) is 0 Å². The number of ether oxygens (including phenoxy) is 1. The van der Waals surface area contributed by atoms with Crippen molar-refractivity contribution in [3.63, 3.8) is 0 Å². The fourth-order valence-electron chi connectivity index (χ4n) is 5.47. The third-order valence-electron chi connectivity index (χ3n) is 6.78. The molecule has 1 spiro atoms. The highest BCUT2D eigenvalue weighted by Crippen LogP contribution is 2.53. The molecule has 0 aromatic carbocycles. The van der Waals surface area contributed by atoms with E-state index in [2.05, 4.69) is 26.1 Å². The van der Waals surface area contributed by atoms with Crippen molar-refractivity contribution in [2.75, 3.05) is 6.61 Å². The fourth-order valence-corrected chi connectivity index (χ4v) is 5.47. The molecule has 5 atom stereocenters. The molecular formula is C19H35NO. The lowest BCUT2D eigenvalue weighted by Gasteiger charge is -2.59. The monoisotopic (exact) mass is 293 g/mol. The zero-order chi connectivity index (χ0) is 14.9. The van der Waals surface area contributed by atoms with Crippen LogP contribution in [0.25, 0.3) is 0 Å². The summed E-state index contributed by atoms with van der Waals surface area (Å²) < 4.78 is 6.09. The second-order valence-electron chi connectivity index (χ2n) is 8.19. The summed E-state index contributed by atoms with van der Waals surface area (Å²) in [7, 11) is 0. The summed E-state index contributed by atoms with van der Waals surface area (Å²) >= 11 is 0. The Morgan fingerprint density at radius 2 is 1.81 bits per heavy atom. The summed E-state index contributed by atoms with van der Waals surface area (Å²) in [6.45, 7) is 7.92. The maximum absolute atomic E-state index is 6.09.